The van der Waals surface area contributed by atoms with Crippen molar-refractivity contribution in [2.75, 3.05) is 19.8 Å². The van der Waals surface area contributed by atoms with Gasteiger partial charge in [0.2, 0.25) is 0 Å². The molecule has 1 unspecified atom stereocenters. The van der Waals surface area contributed by atoms with Gasteiger partial charge in [-0.2, -0.15) is 0 Å². The molecule has 1 N–H and O–H groups in total. The highest BCUT2D eigenvalue weighted by atomic mass is 16.5. The zero-order valence-electron chi connectivity index (χ0n) is 12.7. The summed E-state index contributed by atoms with van der Waals surface area (Å²) in [4.78, 5) is 0. The SMILES string of the molecule is CCC1(CC)CC(NCCOc2ccccc2)CCO1. The number of nitrogens with one attached hydrogen (secondary N) is 1. The first-order chi connectivity index (χ1) is 9.78. The summed E-state index contributed by atoms with van der Waals surface area (Å²) in [6.45, 7) is 6.93. The third-order valence-corrected chi connectivity index (χ3v) is 4.33. The Kier molecular flexibility index (Phi) is 5.86. The van der Waals surface area contributed by atoms with Gasteiger partial charge in [-0.15, -0.1) is 0 Å². The predicted octanol–water partition coefficient (Wildman–Crippen LogP) is 3.39. The fourth-order valence-electron chi connectivity index (χ4n) is 2.89. The Bertz CT molecular complexity index is 376. The maximum Gasteiger partial charge on any atom is 0.119 e. The summed E-state index contributed by atoms with van der Waals surface area (Å²) >= 11 is 0. The molecule has 1 aromatic carbocycles. The molecule has 2 rings (SSSR count). The molecule has 1 aromatic rings. The van der Waals surface area contributed by atoms with Crippen LogP contribution in [0.4, 0.5) is 0 Å². The van der Waals surface area contributed by atoms with Crippen LogP contribution in [0, 0.1) is 0 Å². The van der Waals surface area contributed by atoms with Crippen molar-refractivity contribution in [1.82, 2.24) is 5.32 Å². The quantitative estimate of drug-likeness (QED) is 0.775. The second-order valence-corrected chi connectivity index (χ2v) is 5.54. The van der Waals surface area contributed by atoms with E-state index < -0.39 is 0 Å². The molecule has 0 spiro atoms. The van der Waals surface area contributed by atoms with E-state index in [0.717, 1.165) is 44.6 Å². The van der Waals surface area contributed by atoms with E-state index in [1.54, 1.807) is 0 Å². The topological polar surface area (TPSA) is 30.5 Å². The van der Waals surface area contributed by atoms with E-state index >= 15 is 0 Å². The van der Waals surface area contributed by atoms with Gasteiger partial charge in [0, 0.05) is 19.2 Å². The van der Waals surface area contributed by atoms with E-state index in [1.165, 1.54) is 0 Å². The Labute approximate surface area is 122 Å². The maximum atomic E-state index is 6.00. The average molecular weight is 277 g/mol. The zero-order valence-corrected chi connectivity index (χ0v) is 12.7. The highest BCUT2D eigenvalue weighted by Gasteiger charge is 2.34. The van der Waals surface area contributed by atoms with Gasteiger partial charge in [0.1, 0.15) is 12.4 Å². The predicted molar refractivity (Wildman–Crippen MR) is 82.2 cm³/mol. The molecule has 0 bridgehead atoms. The molecule has 3 heteroatoms. The van der Waals surface area contributed by atoms with Gasteiger partial charge in [-0.3, -0.25) is 0 Å². The highest BCUT2D eigenvalue weighted by Crippen LogP contribution is 2.31. The van der Waals surface area contributed by atoms with Crippen LogP contribution in [0.15, 0.2) is 30.3 Å². The lowest BCUT2D eigenvalue weighted by molar-refractivity contribution is -0.0931. The van der Waals surface area contributed by atoms with E-state index in [2.05, 4.69) is 19.2 Å². The number of hydrogen-bond acceptors (Lipinski definition) is 3. The van der Waals surface area contributed by atoms with Crippen LogP contribution in [-0.4, -0.2) is 31.4 Å². The number of ether oxygens (including phenoxy) is 2. The van der Waals surface area contributed by atoms with Crippen molar-refractivity contribution in [3.63, 3.8) is 0 Å². The molecule has 0 aromatic heterocycles. The van der Waals surface area contributed by atoms with E-state index in [9.17, 15) is 0 Å². The number of benzene rings is 1. The zero-order chi connectivity index (χ0) is 14.3. The van der Waals surface area contributed by atoms with E-state index in [1.807, 2.05) is 30.3 Å². The monoisotopic (exact) mass is 277 g/mol. The van der Waals surface area contributed by atoms with Crippen molar-refractivity contribution in [3.05, 3.63) is 30.3 Å². The molecular weight excluding hydrogens is 250 g/mol. The summed E-state index contributed by atoms with van der Waals surface area (Å²) in [5.74, 6) is 0.942. The second-order valence-electron chi connectivity index (χ2n) is 5.54. The maximum absolute atomic E-state index is 6.00. The van der Waals surface area contributed by atoms with Crippen molar-refractivity contribution in [2.45, 2.75) is 51.2 Å². The van der Waals surface area contributed by atoms with Crippen LogP contribution >= 0.6 is 0 Å². The number of hydrogen-bond donors (Lipinski definition) is 1. The minimum atomic E-state index is 0.0935. The van der Waals surface area contributed by atoms with Crippen molar-refractivity contribution in [1.29, 1.82) is 0 Å². The molecular formula is C17H27NO2. The normalized spacial score (nSPS) is 21.6. The van der Waals surface area contributed by atoms with Crippen LogP contribution in [0.3, 0.4) is 0 Å². The minimum Gasteiger partial charge on any atom is -0.492 e. The Morgan fingerprint density at radius 3 is 2.70 bits per heavy atom. The molecule has 3 nitrogen and oxygen atoms in total. The Hall–Kier alpha value is -1.06. The molecule has 112 valence electrons. The highest BCUT2D eigenvalue weighted by molar-refractivity contribution is 5.20. The lowest BCUT2D eigenvalue weighted by Crippen LogP contribution is -2.47. The van der Waals surface area contributed by atoms with Crippen LogP contribution < -0.4 is 10.1 Å². The summed E-state index contributed by atoms with van der Waals surface area (Å²) in [6, 6.07) is 10.5. The van der Waals surface area contributed by atoms with E-state index in [4.69, 9.17) is 9.47 Å². The molecule has 1 saturated heterocycles. The van der Waals surface area contributed by atoms with E-state index in [-0.39, 0.29) is 5.60 Å². The van der Waals surface area contributed by atoms with Gasteiger partial charge in [0.25, 0.3) is 0 Å². The molecule has 1 aliphatic rings. The summed E-state index contributed by atoms with van der Waals surface area (Å²) in [7, 11) is 0. The minimum absolute atomic E-state index is 0.0935. The molecule has 20 heavy (non-hydrogen) atoms. The molecule has 1 fully saturated rings. The van der Waals surface area contributed by atoms with Gasteiger partial charge >= 0.3 is 0 Å². The van der Waals surface area contributed by atoms with E-state index in [0.29, 0.717) is 12.6 Å². The van der Waals surface area contributed by atoms with Crippen LogP contribution in [0.1, 0.15) is 39.5 Å². The largest absolute Gasteiger partial charge is 0.492 e. The van der Waals surface area contributed by atoms with Crippen molar-refractivity contribution >= 4 is 0 Å². The summed E-state index contributed by atoms with van der Waals surface area (Å²) < 4.78 is 11.7. The Morgan fingerprint density at radius 2 is 2.00 bits per heavy atom. The fraction of sp³-hybridized carbons (Fsp3) is 0.647. The first-order valence-corrected chi connectivity index (χ1v) is 7.83. The van der Waals surface area contributed by atoms with Crippen LogP contribution in [-0.2, 0) is 4.74 Å². The number of para-hydroxylation sites is 1. The third kappa shape index (κ3) is 4.22. The summed E-state index contributed by atoms with van der Waals surface area (Å²) in [6.07, 6.45) is 4.42. The van der Waals surface area contributed by atoms with Gasteiger partial charge in [-0.1, -0.05) is 32.0 Å². The van der Waals surface area contributed by atoms with Crippen LogP contribution in [0.25, 0.3) is 0 Å². The van der Waals surface area contributed by atoms with Crippen LogP contribution in [0.5, 0.6) is 5.75 Å². The number of rotatable bonds is 7. The second kappa shape index (κ2) is 7.65. The average Bonchev–Trinajstić information content (AvgIpc) is 2.53. The lowest BCUT2D eigenvalue weighted by atomic mass is 9.86. The van der Waals surface area contributed by atoms with Gasteiger partial charge in [-0.25, -0.2) is 0 Å². The van der Waals surface area contributed by atoms with Gasteiger partial charge in [-0.05, 0) is 37.8 Å². The molecule has 0 amide bonds. The third-order valence-electron chi connectivity index (χ3n) is 4.33. The standard InChI is InChI=1S/C17H27NO2/c1-3-17(4-2)14-15(10-12-20-17)18-11-13-19-16-8-6-5-7-9-16/h5-9,15,18H,3-4,10-14H2,1-2H3. The molecule has 1 heterocycles. The Balaban J connectivity index is 1.69. The van der Waals surface area contributed by atoms with Crippen molar-refractivity contribution in [2.24, 2.45) is 0 Å². The molecule has 0 aliphatic carbocycles. The molecule has 1 atom stereocenters. The van der Waals surface area contributed by atoms with Crippen molar-refractivity contribution < 1.29 is 9.47 Å². The summed E-state index contributed by atoms with van der Waals surface area (Å²) in [5, 5.41) is 3.61. The summed E-state index contributed by atoms with van der Waals surface area (Å²) in [5.41, 5.74) is 0.0935. The molecule has 0 radical (unpaired) electrons. The molecule has 1 aliphatic heterocycles. The first kappa shape index (κ1) is 15.3. The van der Waals surface area contributed by atoms with Crippen molar-refractivity contribution in [3.8, 4) is 5.75 Å². The lowest BCUT2D eigenvalue weighted by Gasteiger charge is -2.40. The Morgan fingerprint density at radius 1 is 1.25 bits per heavy atom. The molecule has 0 saturated carbocycles. The van der Waals surface area contributed by atoms with Gasteiger partial charge < -0.3 is 14.8 Å². The fourth-order valence-corrected chi connectivity index (χ4v) is 2.89. The smallest absolute Gasteiger partial charge is 0.119 e. The first-order valence-electron chi connectivity index (χ1n) is 7.83. The van der Waals surface area contributed by atoms with Gasteiger partial charge in [0.15, 0.2) is 0 Å². The van der Waals surface area contributed by atoms with Crippen LogP contribution in [0.2, 0.25) is 0 Å². The van der Waals surface area contributed by atoms with Gasteiger partial charge in [0.05, 0.1) is 5.60 Å².